The minimum absolute atomic E-state index is 0.0224. The number of carbonyl (C=O) groups excluding carboxylic acids is 2. The van der Waals surface area contributed by atoms with Crippen LogP contribution in [-0.2, 0) is 9.59 Å². The van der Waals surface area contributed by atoms with Crippen LogP contribution in [0.15, 0.2) is 52.5 Å². The molecule has 0 fully saturated rings. The van der Waals surface area contributed by atoms with Crippen molar-refractivity contribution in [3.63, 3.8) is 0 Å². The van der Waals surface area contributed by atoms with Gasteiger partial charge >= 0.3 is 5.97 Å². The van der Waals surface area contributed by atoms with Crippen molar-refractivity contribution in [3.8, 4) is 23.3 Å². The van der Waals surface area contributed by atoms with E-state index in [9.17, 15) is 14.9 Å². The van der Waals surface area contributed by atoms with Gasteiger partial charge in [0, 0.05) is 11.0 Å². The second kappa shape index (κ2) is 12.4. The lowest BCUT2D eigenvalue weighted by atomic mass is 10.1. The Morgan fingerprint density at radius 1 is 1.16 bits per heavy atom. The lowest BCUT2D eigenvalue weighted by Crippen LogP contribution is -2.25. The van der Waals surface area contributed by atoms with Gasteiger partial charge in [-0.2, -0.15) is 5.26 Å². The second-order valence-corrected chi connectivity index (χ2v) is 7.32. The van der Waals surface area contributed by atoms with Gasteiger partial charge in [0.15, 0.2) is 18.1 Å². The molecule has 1 amide bonds. The maximum Gasteiger partial charge on any atom is 0.349 e. The van der Waals surface area contributed by atoms with Crippen LogP contribution < -0.4 is 19.5 Å². The Balaban J connectivity index is 2.04. The molecule has 0 aliphatic rings. The zero-order chi connectivity index (χ0) is 22.6. The fourth-order valence-corrected chi connectivity index (χ4v) is 2.74. The number of amides is 1. The van der Waals surface area contributed by atoms with Crippen LogP contribution >= 0.6 is 15.9 Å². The zero-order valence-corrected chi connectivity index (χ0v) is 18.9. The summed E-state index contributed by atoms with van der Waals surface area (Å²) in [5.41, 5.74) is 0.538. The van der Waals surface area contributed by atoms with E-state index in [1.165, 1.54) is 19.3 Å². The molecule has 7 nitrogen and oxygen atoms in total. The first-order valence-electron chi connectivity index (χ1n) is 9.64. The van der Waals surface area contributed by atoms with Crippen molar-refractivity contribution in [1.29, 1.82) is 5.26 Å². The fraction of sp³-hybridized carbons (Fsp3) is 0.261. The molecule has 0 atom stereocenters. The molecule has 0 saturated heterocycles. The number of esters is 1. The van der Waals surface area contributed by atoms with Crippen molar-refractivity contribution >= 4 is 33.9 Å². The van der Waals surface area contributed by atoms with E-state index in [1.807, 2.05) is 13.0 Å². The third-order valence-electron chi connectivity index (χ3n) is 4.07. The molecule has 0 spiro atoms. The van der Waals surface area contributed by atoms with Crippen LogP contribution in [0.4, 0.5) is 0 Å². The monoisotopic (exact) mass is 486 g/mol. The number of ether oxygens (including phenoxy) is 3. The van der Waals surface area contributed by atoms with Crippen LogP contribution in [0.25, 0.3) is 6.08 Å². The molecule has 0 radical (unpaired) electrons. The van der Waals surface area contributed by atoms with Gasteiger partial charge in [-0.1, -0.05) is 35.3 Å². The molecule has 0 heterocycles. The van der Waals surface area contributed by atoms with Crippen molar-refractivity contribution in [3.05, 3.63) is 58.1 Å². The Labute approximate surface area is 189 Å². The number of methoxy groups -OCH3 is 1. The number of nitriles is 1. The molecule has 0 unspecified atom stereocenters. The number of halogens is 1. The molecule has 2 aromatic carbocycles. The van der Waals surface area contributed by atoms with Gasteiger partial charge in [-0.05, 0) is 54.5 Å². The summed E-state index contributed by atoms with van der Waals surface area (Å²) >= 11 is 3.33. The van der Waals surface area contributed by atoms with Gasteiger partial charge in [0.2, 0.25) is 0 Å². The standard InChI is InChI=1S/C23H23BrN2O5/c1-3-4-11-26-23(28)17(14-25)12-16-5-10-20(21(13-16)29-2)31-22(27)15-30-19-8-6-18(24)7-9-19/h5-10,12-13H,3-4,11,15H2,1-2H3,(H,26,28)/b17-12+. The molecule has 2 aromatic rings. The SMILES string of the molecule is CCCCNC(=O)/C(C#N)=C/c1ccc(OC(=O)COc2ccc(Br)cc2)c(OC)c1. The summed E-state index contributed by atoms with van der Waals surface area (Å²) in [6, 6.07) is 13.7. The lowest BCUT2D eigenvalue weighted by Gasteiger charge is -2.11. The molecular formula is C23H23BrN2O5. The fourth-order valence-electron chi connectivity index (χ4n) is 2.47. The molecule has 1 N–H and O–H groups in total. The minimum Gasteiger partial charge on any atom is -0.493 e. The summed E-state index contributed by atoms with van der Waals surface area (Å²) in [6.07, 6.45) is 3.23. The second-order valence-electron chi connectivity index (χ2n) is 6.41. The number of rotatable bonds is 10. The molecule has 0 aromatic heterocycles. The molecule has 0 aliphatic heterocycles. The predicted octanol–water partition coefficient (Wildman–Crippen LogP) is 4.27. The van der Waals surface area contributed by atoms with E-state index in [4.69, 9.17) is 14.2 Å². The van der Waals surface area contributed by atoms with Gasteiger partial charge in [-0.25, -0.2) is 4.79 Å². The molecule has 0 bridgehead atoms. The van der Waals surface area contributed by atoms with Crippen molar-refractivity contribution < 1.29 is 23.8 Å². The number of carbonyl (C=O) groups is 2. The smallest absolute Gasteiger partial charge is 0.349 e. The number of hydrogen-bond donors (Lipinski definition) is 1. The maximum atomic E-state index is 12.1. The van der Waals surface area contributed by atoms with Gasteiger partial charge in [0.1, 0.15) is 17.4 Å². The molecular weight excluding hydrogens is 464 g/mol. The van der Waals surface area contributed by atoms with E-state index < -0.39 is 11.9 Å². The number of hydrogen-bond acceptors (Lipinski definition) is 6. The highest BCUT2D eigenvalue weighted by molar-refractivity contribution is 9.10. The van der Waals surface area contributed by atoms with Gasteiger partial charge in [-0.3, -0.25) is 4.79 Å². The van der Waals surface area contributed by atoms with Crippen LogP contribution in [0.2, 0.25) is 0 Å². The summed E-state index contributed by atoms with van der Waals surface area (Å²) in [5, 5.41) is 12.0. The first-order valence-corrected chi connectivity index (χ1v) is 10.4. The van der Waals surface area contributed by atoms with E-state index in [1.54, 1.807) is 36.4 Å². The van der Waals surface area contributed by atoms with Crippen LogP contribution in [-0.4, -0.2) is 32.1 Å². The topological polar surface area (TPSA) is 97.7 Å². The molecule has 8 heteroatoms. The zero-order valence-electron chi connectivity index (χ0n) is 17.3. The highest BCUT2D eigenvalue weighted by atomic mass is 79.9. The average Bonchev–Trinajstić information content (AvgIpc) is 2.78. The Morgan fingerprint density at radius 2 is 1.90 bits per heavy atom. The molecule has 31 heavy (non-hydrogen) atoms. The third-order valence-corrected chi connectivity index (χ3v) is 4.60. The van der Waals surface area contributed by atoms with Gasteiger partial charge < -0.3 is 19.5 Å². The van der Waals surface area contributed by atoms with Gasteiger partial charge in [0.05, 0.1) is 7.11 Å². The van der Waals surface area contributed by atoms with Crippen molar-refractivity contribution in [2.24, 2.45) is 0 Å². The number of unbranched alkanes of at least 4 members (excludes halogenated alkanes) is 1. The largest absolute Gasteiger partial charge is 0.493 e. The summed E-state index contributed by atoms with van der Waals surface area (Å²) in [6.45, 7) is 2.25. The first-order chi connectivity index (χ1) is 15.0. The van der Waals surface area contributed by atoms with Crippen LogP contribution in [0.5, 0.6) is 17.2 Å². The molecule has 0 aliphatic carbocycles. The van der Waals surface area contributed by atoms with Crippen molar-refractivity contribution in [2.75, 3.05) is 20.3 Å². The lowest BCUT2D eigenvalue weighted by molar-refractivity contribution is -0.136. The normalized spacial score (nSPS) is 10.7. The Bertz CT molecular complexity index is 980. The predicted molar refractivity (Wildman–Crippen MR) is 120 cm³/mol. The maximum absolute atomic E-state index is 12.1. The van der Waals surface area contributed by atoms with E-state index >= 15 is 0 Å². The van der Waals surface area contributed by atoms with Crippen LogP contribution in [0.3, 0.4) is 0 Å². The molecule has 2 rings (SSSR count). The van der Waals surface area contributed by atoms with E-state index in [-0.39, 0.29) is 23.7 Å². The highest BCUT2D eigenvalue weighted by Gasteiger charge is 2.13. The van der Waals surface area contributed by atoms with Crippen LogP contribution in [0, 0.1) is 11.3 Å². The van der Waals surface area contributed by atoms with E-state index in [2.05, 4.69) is 21.2 Å². The Kier molecular flexibility index (Phi) is 9.59. The summed E-state index contributed by atoms with van der Waals surface area (Å²) < 4.78 is 16.9. The molecule has 0 saturated carbocycles. The van der Waals surface area contributed by atoms with E-state index in [0.29, 0.717) is 17.9 Å². The first kappa shape index (κ1) is 24.0. The summed E-state index contributed by atoms with van der Waals surface area (Å²) in [4.78, 5) is 24.2. The van der Waals surface area contributed by atoms with Gasteiger partial charge in [-0.15, -0.1) is 0 Å². The van der Waals surface area contributed by atoms with Crippen molar-refractivity contribution in [2.45, 2.75) is 19.8 Å². The average molecular weight is 487 g/mol. The van der Waals surface area contributed by atoms with E-state index in [0.717, 1.165) is 17.3 Å². The number of benzene rings is 2. The Hall–Kier alpha value is -3.31. The third kappa shape index (κ3) is 7.79. The summed E-state index contributed by atoms with van der Waals surface area (Å²) in [5.74, 6) is -0.00808. The number of nitrogens with one attached hydrogen (secondary N) is 1. The number of nitrogens with zero attached hydrogens (tertiary/aromatic N) is 1. The Morgan fingerprint density at radius 3 is 2.55 bits per heavy atom. The van der Waals surface area contributed by atoms with Gasteiger partial charge in [0.25, 0.3) is 5.91 Å². The highest BCUT2D eigenvalue weighted by Crippen LogP contribution is 2.29. The van der Waals surface area contributed by atoms with Crippen molar-refractivity contribution in [1.82, 2.24) is 5.32 Å². The molecule has 162 valence electrons. The summed E-state index contributed by atoms with van der Waals surface area (Å²) in [7, 11) is 1.43. The van der Waals surface area contributed by atoms with Crippen LogP contribution in [0.1, 0.15) is 25.3 Å². The quantitative estimate of drug-likeness (QED) is 0.177. The minimum atomic E-state index is -0.600.